The minimum absolute atomic E-state index is 0. The molecule has 0 atom stereocenters. The third kappa shape index (κ3) is 11.8. The Morgan fingerprint density at radius 2 is 2.00 bits per heavy atom. The summed E-state index contributed by atoms with van der Waals surface area (Å²) in [4.78, 5) is 9.90. The van der Waals surface area contributed by atoms with Gasteiger partial charge in [-0.05, 0) is 12.3 Å². The van der Waals surface area contributed by atoms with E-state index in [9.17, 15) is 4.79 Å². The van der Waals surface area contributed by atoms with Gasteiger partial charge in [0, 0.05) is 6.42 Å². The number of rotatable bonds is 3. The number of hydrogen-bond donors (Lipinski definition) is 1. The molecule has 0 spiro atoms. The van der Waals surface area contributed by atoms with Crippen LogP contribution < -0.4 is 0 Å². The zero-order chi connectivity index (χ0) is 6.57. The molecule has 0 aliphatic heterocycles. The van der Waals surface area contributed by atoms with Crippen LogP contribution in [0.4, 0.5) is 0 Å². The summed E-state index contributed by atoms with van der Waals surface area (Å²) < 4.78 is 0. The van der Waals surface area contributed by atoms with Crippen molar-refractivity contribution in [2.45, 2.75) is 26.7 Å². The van der Waals surface area contributed by atoms with Crippen LogP contribution in [0.3, 0.4) is 0 Å². The molecule has 0 fully saturated rings. The van der Waals surface area contributed by atoms with Gasteiger partial charge in [-0.25, -0.2) is 0 Å². The number of hydrogen-bond acceptors (Lipinski definition) is 1. The summed E-state index contributed by atoms with van der Waals surface area (Å²) in [6.45, 7) is 4.03. The van der Waals surface area contributed by atoms with Crippen molar-refractivity contribution in [2.24, 2.45) is 5.92 Å². The Balaban J connectivity index is 0. The molecule has 0 aliphatic rings. The van der Waals surface area contributed by atoms with E-state index >= 15 is 0 Å². The molecule has 0 aromatic carbocycles. The molecule has 0 amide bonds. The first kappa shape index (κ1) is 12.2. The van der Waals surface area contributed by atoms with Crippen molar-refractivity contribution < 1.29 is 9.90 Å². The van der Waals surface area contributed by atoms with Crippen LogP contribution in [0.5, 0.6) is 0 Å². The van der Waals surface area contributed by atoms with Crippen molar-refractivity contribution in [2.75, 3.05) is 0 Å². The van der Waals surface area contributed by atoms with Crippen LogP contribution in [0.25, 0.3) is 0 Å². The molecule has 0 aliphatic carbocycles. The molecule has 2 nitrogen and oxygen atoms in total. The Kier molecular flexibility index (Phi) is 8.91. The summed E-state index contributed by atoms with van der Waals surface area (Å²) in [5.41, 5.74) is 0. The molecule has 0 unspecified atom stereocenters. The molecular formula is C6H13NaO2. The van der Waals surface area contributed by atoms with E-state index in [1.165, 1.54) is 0 Å². The van der Waals surface area contributed by atoms with Gasteiger partial charge < -0.3 is 5.11 Å². The van der Waals surface area contributed by atoms with E-state index in [0.29, 0.717) is 12.3 Å². The topological polar surface area (TPSA) is 37.3 Å². The molecule has 0 bridgehead atoms. The minimum atomic E-state index is -0.696. The molecule has 0 saturated carbocycles. The van der Waals surface area contributed by atoms with Crippen LogP contribution in [0, 0.1) is 5.92 Å². The average Bonchev–Trinajstić information content (AvgIpc) is 1.61. The van der Waals surface area contributed by atoms with E-state index in [4.69, 9.17) is 5.11 Å². The van der Waals surface area contributed by atoms with Gasteiger partial charge in [-0.3, -0.25) is 4.79 Å². The van der Waals surface area contributed by atoms with Gasteiger partial charge in [-0.15, -0.1) is 0 Å². The van der Waals surface area contributed by atoms with Gasteiger partial charge in [-0.2, -0.15) is 0 Å². The molecule has 0 radical (unpaired) electrons. The first-order chi connectivity index (χ1) is 3.63. The van der Waals surface area contributed by atoms with Crippen LogP contribution in [-0.4, -0.2) is 40.6 Å². The fourth-order valence-electron chi connectivity index (χ4n) is 0.412. The van der Waals surface area contributed by atoms with Crippen LogP contribution in [0.2, 0.25) is 0 Å². The Morgan fingerprint density at radius 1 is 1.56 bits per heavy atom. The van der Waals surface area contributed by atoms with Gasteiger partial charge in [-0.1, -0.05) is 13.8 Å². The maximum absolute atomic E-state index is 9.90. The molecule has 0 saturated heterocycles. The Morgan fingerprint density at radius 3 is 2.11 bits per heavy atom. The molecule has 0 heterocycles. The predicted molar refractivity (Wildman–Crippen MR) is 38.9 cm³/mol. The normalized spacial score (nSPS) is 8.78. The van der Waals surface area contributed by atoms with Crippen molar-refractivity contribution in [1.29, 1.82) is 0 Å². The fourth-order valence-corrected chi connectivity index (χ4v) is 0.412. The molecule has 9 heavy (non-hydrogen) atoms. The van der Waals surface area contributed by atoms with Crippen molar-refractivity contribution in [3.05, 3.63) is 0 Å². The molecule has 0 aromatic heterocycles. The van der Waals surface area contributed by atoms with Gasteiger partial charge in [0.1, 0.15) is 0 Å². The molecular weight excluding hydrogens is 127 g/mol. The summed E-state index contributed by atoms with van der Waals surface area (Å²) in [7, 11) is 0. The standard InChI is InChI=1S/C6H12O2.Na.H/c1-5(2)3-4-6(7)8;;/h5H,3-4H2,1-2H3,(H,7,8);;. The van der Waals surface area contributed by atoms with Crippen LogP contribution in [0.15, 0.2) is 0 Å². The van der Waals surface area contributed by atoms with Crippen LogP contribution in [0.1, 0.15) is 26.7 Å². The van der Waals surface area contributed by atoms with Gasteiger partial charge in [0.15, 0.2) is 0 Å². The molecule has 0 rings (SSSR count). The summed E-state index contributed by atoms with van der Waals surface area (Å²) in [5.74, 6) is -0.190. The summed E-state index contributed by atoms with van der Waals surface area (Å²) in [6.07, 6.45) is 1.09. The van der Waals surface area contributed by atoms with Gasteiger partial charge in [0.05, 0.1) is 0 Å². The fraction of sp³-hybridized carbons (Fsp3) is 0.833. The van der Waals surface area contributed by atoms with Gasteiger partial charge in [0.25, 0.3) is 0 Å². The van der Waals surface area contributed by atoms with E-state index in [2.05, 4.69) is 0 Å². The van der Waals surface area contributed by atoms with Crippen LogP contribution >= 0.6 is 0 Å². The van der Waals surface area contributed by atoms with Gasteiger partial charge >= 0.3 is 35.5 Å². The SMILES string of the molecule is CC(C)CCC(=O)O.[NaH]. The number of carboxylic acids is 1. The van der Waals surface area contributed by atoms with E-state index < -0.39 is 5.97 Å². The summed E-state index contributed by atoms with van der Waals surface area (Å²) in [6, 6.07) is 0. The van der Waals surface area contributed by atoms with Gasteiger partial charge in [0.2, 0.25) is 0 Å². The number of aliphatic carboxylic acids is 1. The Labute approximate surface area is 77.9 Å². The monoisotopic (exact) mass is 140 g/mol. The second kappa shape index (κ2) is 6.59. The van der Waals surface area contributed by atoms with E-state index in [1.54, 1.807) is 0 Å². The molecule has 0 aromatic rings. The molecule has 3 heteroatoms. The van der Waals surface area contributed by atoms with Crippen molar-refractivity contribution in [1.82, 2.24) is 0 Å². The predicted octanol–water partition coefficient (Wildman–Crippen LogP) is 0.859. The van der Waals surface area contributed by atoms with E-state index in [1.807, 2.05) is 13.8 Å². The second-order valence-electron chi connectivity index (χ2n) is 2.33. The van der Waals surface area contributed by atoms with Crippen molar-refractivity contribution in [3.63, 3.8) is 0 Å². The third-order valence-corrected chi connectivity index (χ3v) is 0.936. The molecule has 1 N–H and O–H groups in total. The first-order valence-electron chi connectivity index (χ1n) is 2.84. The Bertz CT molecular complexity index is 81.1. The van der Waals surface area contributed by atoms with E-state index in [-0.39, 0.29) is 29.6 Å². The quantitative estimate of drug-likeness (QED) is 0.590. The number of carboxylic acid groups (broad SMARTS) is 1. The Hall–Kier alpha value is 0.470. The molecule has 50 valence electrons. The zero-order valence-corrected chi connectivity index (χ0v) is 5.35. The summed E-state index contributed by atoms with van der Waals surface area (Å²) >= 11 is 0. The number of carbonyl (C=O) groups is 1. The van der Waals surface area contributed by atoms with Crippen LogP contribution in [-0.2, 0) is 4.79 Å². The first-order valence-corrected chi connectivity index (χ1v) is 2.84. The average molecular weight is 140 g/mol. The maximum atomic E-state index is 9.90. The van der Waals surface area contributed by atoms with Crippen molar-refractivity contribution in [3.8, 4) is 0 Å². The van der Waals surface area contributed by atoms with Crippen molar-refractivity contribution >= 4 is 35.5 Å². The summed E-state index contributed by atoms with van der Waals surface area (Å²) in [5, 5.41) is 8.16. The zero-order valence-electron chi connectivity index (χ0n) is 5.35. The third-order valence-electron chi connectivity index (χ3n) is 0.936. The second-order valence-corrected chi connectivity index (χ2v) is 2.33. The van der Waals surface area contributed by atoms with E-state index in [0.717, 1.165) is 6.42 Å².